The molecule has 0 amide bonds. The van der Waals surface area contributed by atoms with Crippen molar-refractivity contribution < 1.29 is 12.3 Å². The third-order valence-electron chi connectivity index (χ3n) is 1.81. The van der Waals surface area contributed by atoms with Crippen molar-refractivity contribution in [2.75, 3.05) is 0 Å². The zero-order valence-corrected chi connectivity index (χ0v) is 15.0. The molecule has 0 bridgehead atoms. The molecule has 0 saturated carbocycles. The Bertz CT molecular complexity index is 99.9. The molecule has 80 valence electrons. The van der Waals surface area contributed by atoms with Crippen LogP contribution in [0.1, 0.15) is 26.7 Å². The third kappa shape index (κ3) is 9.06. The molecule has 0 aromatic heterocycles. The van der Waals surface area contributed by atoms with Gasteiger partial charge in [0.2, 0.25) is 0 Å². The van der Waals surface area contributed by atoms with Gasteiger partial charge in [-0.25, -0.2) is 0 Å². The van der Waals surface area contributed by atoms with E-state index in [-0.39, 0.29) is 0 Å². The quantitative estimate of drug-likeness (QED) is 0.385. The van der Waals surface area contributed by atoms with E-state index < -0.39 is 29.1 Å². The number of hydrogen-bond donors (Lipinski definition) is 0. The first-order chi connectivity index (χ1) is 6.35. The van der Waals surface area contributed by atoms with Crippen LogP contribution in [-0.4, -0.2) is 39.5 Å². The monoisotopic (exact) mass is 254 g/mol. The molecule has 0 aliphatic heterocycles. The molecular formula is C6H22O3Si4. The van der Waals surface area contributed by atoms with Gasteiger partial charge in [0.1, 0.15) is 10.5 Å². The van der Waals surface area contributed by atoms with Crippen LogP contribution in [0.15, 0.2) is 0 Å². The zero-order valence-electron chi connectivity index (χ0n) is 9.04. The Morgan fingerprint density at radius 2 is 1.77 bits per heavy atom. The fourth-order valence-corrected chi connectivity index (χ4v) is 8.59. The Kier molecular flexibility index (Phi) is 11.4. The molecule has 0 unspecified atom stereocenters. The summed E-state index contributed by atoms with van der Waals surface area (Å²) in [7, 11) is -1.34. The minimum atomic E-state index is -0.862. The normalized spacial score (nSPS) is 13.2. The van der Waals surface area contributed by atoms with E-state index in [9.17, 15) is 0 Å². The van der Waals surface area contributed by atoms with Gasteiger partial charge in [0.15, 0.2) is 9.04 Å². The molecule has 0 rings (SSSR count). The van der Waals surface area contributed by atoms with Gasteiger partial charge in [-0.2, -0.15) is 0 Å². The molecule has 0 aromatic carbocycles. The second-order valence-corrected chi connectivity index (χ2v) is 11.2. The first-order valence-corrected chi connectivity index (χ1v) is 10.3. The first kappa shape index (κ1) is 13.7. The summed E-state index contributed by atoms with van der Waals surface area (Å²) in [4.78, 5) is 0. The van der Waals surface area contributed by atoms with Gasteiger partial charge >= 0.3 is 0 Å². The summed E-state index contributed by atoms with van der Waals surface area (Å²) in [5.41, 5.74) is 0. The number of rotatable bonds is 9. The van der Waals surface area contributed by atoms with E-state index in [2.05, 4.69) is 13.8 Å². The molecule has 3 nitrogen and oxygen atoms in total. The van der Waals surface area contributed by atoms with Crippen LogP contribution in [0.4, 0.5) is 0 Å². The average molecular weight is 255 g/mol. The lowest BCUT2D eigenvalue weighted by Crippen LogP contribution is -2.22. The molecule has 0 spiro atoms. The second-order valence-electron chi connectivity index (χ2n) is 3.09. The van der Waals surface area contributed by atoms with Crippen LogP contribution in [0.2, 0.25) is 12.1 Å². The maximum atomic E-state index is 5.85. The van der Waals surface area contributed by atoms with Crippen molar-refractivity contribution in [1.82, 2.24) is 0 Å². The molecule has 0 saturated heterocycles. The van der Waals surface area contributed by atoms with Gasteiger partial charge in [-0.05, 0) is 12.1 Å². The van der Waals surface area contributed by atoms with Crippen molar-refractivity contribution in [3.8, 4) is 0 Å². The Morgan fingerprint density at radius 1 is 1.15 bits per heavy atom. The Labute approximate surface area is 90.9 Å². The molecule has 0 heterocycles. The molecular weight excluding hydrogens is 232 g/mol. The minimum absolute atomic E-state index is 0.628. The smallest absolute Gasteiger partial charge is 0.284 e. The van der Waals surface area contributed by atoms with Gasteiger partial charge < -0.3 is 12.3 Å². The molecule has 0 radical (unpaired) electrons. The van der Waals surface area contributed by atoms with Gasteiger partial charge in [0, 0.05) is 0 Å². The standard InChI is InChI=1S/C6H22O3Si4/c1-3-5-13(6-4-2)9-12-8-11-7-10/h13H,3-6,11-12H2,1-2,10H3. The SMILES string of the molecule is CCC[SiH](CCC)O[SiH2]O[SiH2]O[SiH3]. The topological polar surface area (TPSA) is 27.7 Å². The van der Waals surface area contributed by atoms with Crippen molar-refractivity contribution in [2.45, 2.75) is 38.8 Å². The largest absolute Gasteiger partial charge is 0.449 e. The van der Waals surface area contributed by atoms with E-state index in [0.29, 0.717) is 0 Å². The molecule has 0 N–H and O–H groups in total. The van der Waals surface area contributed by atoms with Crippen molar-refractivity contribution in [2.24, 2.45) is 0 Å². The van der Waals surface area contributed by atoms with Crippen LogP contribution in [0.25, 0.3) is 0 Å². The Balaban J connectivity index is 3.33. The molecule has 0 fully saturated rings. The van der Waals surface area contributed by atoms with Crippen molar-refractivity contribution in [1.29, 1.82) is 0 Å². The highest BCUT2D eigenvalue weighted by Gasteiger charge is 2.08. The summed E-state index contributed by atoms with van der Waals surface area (Å²) in [5, 5.41) is 0. The van der Waals surface area contributed by atoms with Crippen molar-refractivity contribution in [3.05, 3.63) is 0 Å². The van der Waals surface area contributed by atoms with Gasteiger partial charge in [-0.3, -0.25) is 0 Å². The zero-order chi connectivity index (χ0) is 9.94. The summed E-state index contributed by atoms with van der Waals surface area (Å²) >= 11 is 0. The van der Waals surface area contributed by atoms with Gasteiger partial charge in [0.05, 0.1) is 0 Å². The summed E-state index contributed by atoms with van der Waals surface area (Å²) in [6.45, 7) is 4.47. The third-order valence-corrected chi connectivity index (χ3v) is 8.96. The highest BCUT2D eigenvalue weighted by Crippen LogP contribution is 2.06. The maximum absolute atomic E-state index is 5.85. The van der Waals surface area contributed by atoms with Crippen LogP contribution in [-0.2, 0) is 12.3 Å². The number of hydrogen-bond acceptors (Lipinski definition) is 3. The molecule has 13 heavy (non-hydrogen) atoms. The summed E-state index contributed by atoms with van der Waals surface area (Å²) in [5.74, 6) is 0. The van der Waals surface area contributed by atoms with Crippen LogP contribution < -0.4 is 0 Å². The van der Waals surface area contributed by atoms with E-state index in [4.69, 9.17) is 12.3 Å². The van der Waals surface area contributed by atoms with Gasteiger partial charge in [0.25, 0.3) is 20.0 Å². The van der Waals surface area contributed by atoms with E-state index in [1.807, 2.05) is 0 Å². The van der Waals surface area contributed by atoms with Gasteiger partial charge in [-0.1, -0.05) is 26.7 Å². The van der Waals surface area contributed by atoms with E-state index in [1.54, 1.807) is 0 Å². The highest BCUT2D eigenvalue weighted by molar-refractivity contribution is 6.58. The molecule has 0 aromatic rings. The molecule has 0 aliphatic carbocycles. The predicted molar refractivity (Wildman–Crippen MR) is 67.6 cm³/mol. The predicted octanol–water partition coefficient (Wildman–Crippen LogP) is -1.14. The maximum Gasteiger partial charge on any atom is 0.284 e. The lowest BCUT2D eigenvalue weighted by molar-refractivity contribution is 0.429. The van der Waals surface area contributed by atoms with E-state index >= 15 is 0 Å². The van der Waals surface area contributed by atoms with Gasteiger partial charge in [-0.15, -0.1) is 0 Å². The fraction of sp³-hybridized carbons (Fsp3) is 1.00. The molecule has 0 atom stereocenters. The van der Waals surface area contributed by atoms with E-state index in [0.717, 1.165) is 10.5 Å². The molecule has 7 heteroatoms. The first-order valence-electron chi connectivity index (χ1n) is 5.03. The lowest BCUT2D eigenvalue weighted by Gasteiger charge is -2.14. The second kappa shape index (κ2) is 10.8. The average Bonchev–Trinajstić information content (AvgIpc) is 2.13. The van der Waals surface area contributed by atoms with Crippen LogP contribution in [0, 0.1) is 0 Å². The Hall–Kier alpha value is 0.748. The Morgan fingerprint density at radius 3 is 2.23 bits per heavy atom. The van der Waals surface area contributed by atoms with E-state index in [1.165, 1.54) is 24.9 Å². The fourth-order valence-electron chi connectivity index (χ4n) is 1.22. The van der Waals surface area contributed by atoms with Crippen molar-refractivity contribution >= 4 is 39.5 Å². The minimum Gasteiger partial charge on any atom is -0.449 e. The lowest BCUT2D eigenvalue weighted by atomic mass is 10.6. The van der Waals surface area contributed by atoms with Crippen molar-refractivity contribution in [3.63, 3.8) is 0 Å². The summed E-state index contributed by atoms with van der Waals surface area (Å²) in [6, 6.07) is 2.63. The highest BCUT2D eigenvalue weighted by atomic mass is 28.4. The summed E-state index contributed by atoms with van der Waals surface area (Å²) < 4.78 is 16.3. The summed E-state index contributed by atoms with van der Waals surface area (Å²) in [6.07, 6.45) is 2.53. The van der Waals surface area contributed by atoms with Crippen LogP contribution >= 0.6 is 0 Å². The van der Waals surface area contributed by atoms with Crippen LogP contribution in [0.5, 0.6) is 0 Å². The van der Waals surface area contributed by atoms with Crippen LogP contribution in [0.3, 0.4) is 0 Å². The molecule has 0 aliphatic rings.